The Morgan fingerprint density at radius 1 is 0.783 bits per heavy atom. The summed E-state index contributed by atoms with van der Waals surface area (Å²) in [6.07, 6.45) is -1.83. The fraction of sp³-hybridized carbons (Fsp3) is 0.316. The van der Waals surface area contributed by atoms with Crippen LogP contribution in [-0.2, 0) is 22.6 Å². The van der Waals surface area contributed by atoms with E-state index in [1.54, 1.807) is 24.3 Å². The summed E-state index contributed by atoms with van der Waals surface area (Å²) in [6, 6.07) is 31.8. The number of likely N-dealkylation sites (N-methyl/N-ethyl adjacent to an activating group) is 1. The third-order valence-corrected chi connectivity index (χ3v) is 9.36. The molecule has 2 N–H and O–H groups in total. The van der Waals surface area contributed by atoms with Crippen LogP contribution in [0.4, 0.5) is 0 Å². The lowest BCUT2D eigenvalue weighted by molar-refractivity contribution is -0.276. The number of nitrogens with zero attached hydrogens (tertiary/aromatic N) is 2. The Kier molecular flexibility index (Phi) is 9.44. The summed E-state index contributed by atoms with van der Waals surface area (Å²) in [5, 5.41) is 20.7. The highest BCUT2D eigenvalue weighted by molar-refractivity contribution is 6.21. The van der Waals surface area contributed by atoms with E-state index in [1.807, 2.05) is 92.8 Å². The molecule has 0 aliphatic carbocycles. The van der Waals surface area contributed by atoms with Gasteiger partial charge in [-0.05, 0) is 48.4 Å². The number of hydrogen-bond donors (Lipinski definition) is 2. The van der Waals surface area contributed by atoms with Crippen LogP contribution in [-0.4, -0.2) is 57.6 Å². The van der Waals surface area contributed by atoms with E-state index in [1.165, 1.54) is 4.90 Å². The maximum Gasteiger partial charge on any atom is 0.261 e. The molecule has 8 nitrogen and oxygen atoms in total. The van der Waals surface area contributed by atoms with E-state index in [4.69, 9.17) is 9.47 Å². The molecule has 0 unspecified atom stereocenters. The molecule has 0 saturated carbocycles. The second-order valence-corrected chi connectivity index (χ2v) is 12.3. The minimum atomic E-state index is -0.667. The molecule has 46 heavy (non-hydrogen) atoms. The summed E-state index contributed by atoms with van der Waals surface area (Å²) in [5.41, 5.74) is 5.19. The number of benzene rings is 4. The highest BCUT2D eigenvalue weighted by atomic mass is 16.7. The maximum atomic E-state index is 12.9. The molecule has 238 valence electrons. The fourth-order valence-electron chi connectivity index (χ4n) is 6.29. The average molecular weight is 621 g/mol. The highest BCUT2D eigenvalue weighted by Gasteiger charge is 2.40. The molecule has 0 aromatic heterocycles. The first-order chi connectivity index (χ1) is 22.2. The number of aliphatic hydroxyl groups excluding tert-OH is 2. The van der Waals surface area contributed by atoms with Gasteiger partial charge < -0.3 is 19.7 Å². The zero-order chi connectivity index (χ0) is 32.4. The number of ether oxygens (including phenoxy) is 2. The van der Waals surface area contributed by atoms with Crippen molar-refractivity contribution in [1.29, 1.82) is 0 Å². The Balaban J connectivity index is 1.21. The van der Waals surface area contributed by atoms with E-state index >= 15 is 0 Å². The van der Waals surface area contributed by atoms with Crippen LogP contribution in [0.15, 0.2) is 103 Å². The Bertz CT molecular complexity index is 1620. The molecule has 1 saturated heterocycles. The van der Waals surface area contributed by atoms with E-state index in [0.717, 1.165) is 27.8 Å². The predicted molar refractivity (Wildman–Crippen MR) is 174 cm³/mol. The SMILES string of the molecule is C[C@H]1[C@@H](CN(C)[C@H](C)[C@@H](O)c2ccccc2)O[C@@H](c2ccc(CN3C(=O)c4ccccc4C3=O)cc2)O[C@H]1c1ccc(CO)cc1. The van der Waals surface area contributed by atoms with Crippen molar-refractivity contribution in [2.24, 2.45) is 5.92 Å². The second kappa shape index (κ2) is 13.7. The van der Waals surface area contributed by atoms with Crippen LogP contribution in [0.3, 0.4) is 0 Å². The van der Waals surface area contributed by atoms with Crippen molar-refractivity contribution in [3.8, 4) is 0 Å². The largest absolute Gasteiger partial charge is 0.392 e. The smallest absolute Gasteiger partial charge is 0.261 e. The Hall–Kier alpha value is -4.18. The van der Waals surface area contributed by atoms with Gasteiger partial charge in [-0.25, -0.2) is 0 Å². The monoisotopic (exact) mass is 620 g/mol. The van der Waals surface area contributed by atoms with E-state index in [0.29, 0.717) is 17.7 Å². The average Bonchev–Trinajstić information content (AvgIpc) is 3.34. The van der Waals surface area contributed by atoms with E-state index in [2.05, 4.69) is 11.8 Å². The molecule has 2 amide bonds. The number of imide groups is 1. The van der Waals surface area contributed by atoms with Crippen LogP contribution in [0.2, 0.25) is 0 Å². The lowest BCUT2D eigenvalue weighted by Crippen LogP contribution is -2.46. The number of aliphatic hydroxyl groups is 2. The molecule has 8 heteroatoms. The molecular weight excluding hydrogens is 580 g/mol. The van der Waals surface area contributed by atoms with E-state index in [9.17, 15) is 19.8 Å². The van der Waals surface area contributed by atoms with Gasteiger partial charge in [-0.1, -0.05) is 97.9 Å². The first kappa shape index (κ1) is 31.8. The van der Waals surface area contributed by atoms with Gasteiger partial charge >= 0.3 is 0 Å². The van der Waals surface area contributed by atoms with Crippen molar-refractivity contribution in [3.63, 3.8) is 0 Å². The van der Waals surface area contributed by atoms with Crippen LogP contribution in [0.25, 0.3) is 0 Å². The van der Waals surface area contributed by atoms with Crippen molar-refractivity contribution in [2.75, 3.05) is 13.6 Å². The standard InChI is InChI=1S/C38H40N2O6/c1-24-33(22-39(3)25(2)34(42)28-9-5-4-6-10-28)45-38(46-35(24)29-17-15-27(23-41)16-18-29)30-19-13-26(14-20-30)21-40-36(43)31-11-7-8-12-32(31)37(40)44/h4-20,24-25,33-35,38,41-42H,21-23H2,1-3H3/t24-,25+,33+,34+,35+,38+/m0/s1. The number of carbonyl (C=O) groups excluding carboxylic acids is 2. The van der Waals surface area contributed by atoms with Crippen molar-refractivity contribution in [3.05, 3.63) is 142 Å². The number of amides is 2. The molecule has 2 heterocycles. The summed E-state index contributed by atoms with van der Waals surface area (Å²) < 4.78 is 13.2. The predicted octanol–water partition coefficient (Wildman–Crippen LogP) is 5.82. The quantitative estimate of drug-likeness (QED) is 0.216. The fourth-order valence-corrected chi connectivity index (χ4v) is 6.29. The first-order valence-electron chi connectivity index (χ1n) is 15.7. The second-order valence-electron chi connectivity index (χ2n) is 12.3. The van der Waals surface area contributed by atoms with Gasteiger partial charge in [0.2, 0.25) is 0 Å². The molecule has 4 aromatic rings. The third kappa shape index (κ3) is 6.40. The maximum absolute atomic E-state index is 12.9. The molecule has 0 spiro atoms. The minimum Gasteiger partial charge on any atom is -0.392 e. The molecule has 6 atom stereocenters. The van der Waals surface area contributed by atoms with E-state index in [-0.39, 0.29) is 49.1 Å². The van der Waals surface area contributed by atoms with Gasteiger partial charge in [0.1, 0.15) is 0 Å². The number of carbonyl (C=O) groups is 2. The Morgan fingerprint density at radius 2 is 1.35 bits per heavy atom. The van der Waals surface area contributed by atoms with Gasteiger partial charge in [-0.2, -0.15) is 0 Å². The third-order valence-electron chi connectivity index (χ3n) is 9.36. The normalized spacial score (nSPS) is 22.6. The van der Waals surface area contributed by atoms with Gasteiger partial charge in [0.25, 0.3) is 11.8 Å². The lowest BCUT2D eigenvalue weighted by Gasteiger charge is -2.43. The summed E-state index contributed by atoms with van der Waals surface area (Å²) in [4.78, 5) is 29.2. The first-order valence-corrected chi connectivity index (χ1v) is 15.7. The minimum absolute atomic E-state index is 0.0205. The molecule has 4 aromatic carbocycles. The number of rotatable bonds is 10. The summed E-state index contributed by atoms with van der Waals surface area (Å²) >= 11 is 0. The van der Waals surface area contributed by atoms with Crippen molar-refractivity contribution >= 4 is 11.8 Å². The summed E-state index contributed by atoms with van der Waals surface area (Å²) in [7, 11) is 2.00. The zero-order valence-corrected chi connectivity index (χ0v) is 26.3. The van der Waals surface area contributed by atoms with E-state index < -0.39 is 12.4 Å². The molecule has 0 radical (unpaired) electrons. The molecular formula is C38H40N2O6. The van der Waals surface area contributed by atoms with Crippen molar-refractivity contribution in [2.45, 2.75) is 57.6 Å². The van der Waals surface area contributed by atoms with Gasteiger partial charge in [0.15, 0.2) is 6.29 Å². The van der Waals surface area contributed by atoms with Crippen LogP contribution in [0.5, 0.6) is 0 Å². The molecule has 1 fully saturated rings. The Labute approximate surface area is 269 Å². The summed E-state index contributed by atoms with van der Waals surface area (Å²) in [5.74, 6) is -0.592. The topological polar surface area (TPSA) is 99.5 Å². The zero-order valence-electron chi connectivity index (χ0n) is 26.3. The highest BCUT2D eigenvalue weighted by Crippen LogP contribution is 2.42. The Morgan fingerprint density at radius 3 is 1.96 bits per heavy atom. The van der Waals surface area contributed by atoms with Crippen LogP contribution < -0.4 is 0 Å². The van der Waals surface area contributed by atoms with Crippen molar-refractivity contribution in [1.82, 2.24) is 9.80 Å². The van der Waals surface area contributed by atoms with Crippen molar-refractivity contribution < 1.29 is 29.3 Å². The van der Waals surface area contributed by atoms with Gasteiger partial charge in [0, 0.05) is 24.1 Å². The number of fused-ring (bicyclic) bond motifs is 1. The van der Waals surface area contributed by atoms with Gasteiger partial charge in [-0.3, -0.25) is 19.4 Å². The molecule has 6 rings (SSSR count). The molecule has 2 aliphatic heterocycles. The van der Waals surface area contributed by atoms with Crippen LogP contribution >= 0.6 is 0 Å². The molecule has 2 aliphatic rings. The van der Waals surface area contributed by atoms with Crippen LogP contribution in [0.1, 0.15) is 80.9 Å². The van der Waals surface area contributed by atoms with Crippen LogP contribution in [0, 0.1) is 5.92 Å². The van der Waals surface area contributed by atoms with Gasteiger partial charge in [-0.15, -0.1) is 0 Å². The summed E-state index contributed by atoms with van der Waals surface area (Å²) in [6.45, 7) is 4.83. The lowest BCUT2D eigenvalue weighted by atomic mass is 9.89. The molecule has 0 bridgehead atoms. The van der Waals surface area contributed by atoms with Gasteiger partial charge in [0.05, 0.1) is 42.6 Å². The number of hydrogen-bond acceptors (Lipinski definition) is 7.